The second-order valence-corrected chi connectivity index (χ2v) is 8.29. The van der Waals surface area contributed by atoms with Crippen LogP contribution in [0.5, 0.6) is 5.75 Å². The molecule has 1 aliphatic rings. The van der Waals surface area contributed by atoms with E-state index in [0.717, 1.165) is 44.9 Å². The first-order valence-corrected chi connectivity index (χ1v) is 10.3. The Morgan fingerprint density at radius 1 is 1.22 bits per heavy atom. The summed E-state index contributed by atoms with van der Waals surface area (Å²) in [6, 6.07) is 15.7. The molecule has 0 atom stereocenters. The maximum atomic E-state index is 12.7. The lowest BCUT2D eigenvalue weighted by Gasteiger charge is -2.14. The van der Waals surface area contributed by atoms with Gasteiger partial charge < -0.3 is 9.47 Å². The van der Waals surface area contributed by atoms with Gasteiger partial charge in [-0.1, -0.05) is 46.3 Å². The van der Waals surface area contributed by atoms with Crippen LogP contribution in [0.1, 0.15) is 24.1 Å². The predicted octanol–water partition coefficient (Wildman–Crippen LogP) is 5.36. The zero-order chi connectivity index (χ0) is 18.9. The van der Waals surface area contributed by atoms with Gasteiger partial charge in [-0.2, -0.15) is 0 Å². The zero-order valence-corrected chi connectivity index (χ0v) is 17.2. The van der Waals surface area contributed by atoms with Gasteiger partial charge in [0.15, 0.2) is 0 Å². The molecule has 0 radical (unpaired) electrons. The Balaban J connectivity index is 1.46. The molecule has 1 heterocycles. The Morgan fingerprint density at radius 2 is 2.00 bits per heavy atom. The molecule has 3 aromatic rings. The second kappa shape index (κ2) is 7.44. The molecule has 4 nitrogen and oxygen atoms in total. The fourth-order valence-corrected chi connectivity index (χ4v) is 4.30. The van der Waals surface area contributed by atoms with Crippen molar-refractivity contribution in [1.29, 1.82) is 0 Å². The first-order valence-electron chi connectivity index (χ1n) is 8.63. The van der Waals surface area contributed by atoms with Crippen LogP contribution in [0.25, 0.3) is 10.6 Å². The third-order valence-electron chi connectivity index (χ3n) is 4.76. The summed E-state index contributed by atoms with van der Waals surface area (Å²) < 4.78 is 12.0. The lowest BCUT2D eigenvalue weighted by molar-refractivity contribution is -0.148. The molecule has 2 aromatic carbocycles. The molecule has 4 rings (SSSR count). The maximum Gasteiger partial charge on any atom is 0.316 e. The molecule has 0 spiro atoms. The summed E-state index contributed by atoms with van der Waals surface area (Å²) in [6.45, 7) is 0.181. The molecule has 138 valence electrons. The minimum Gasteiger partial charge on any atom is -0.496 e. The predicted molar refractivity (Wildman–Crippen MR) is 109 cm³/mol. The Bertz CT molecular complexity index is 967. The van der Waals surface area contributed by atoms with E-state index in [2.05, 4.69) is 20.9 Å². The molecule has 1 aromatic heterocycles. The molecule has 27 heavy (non-hydrogen) atoms. The van der Waals surface area contributed by atoms with Crippen molar-refractivity contribution in [2.75, 3.05) is 7.11 Å². The number of nitrogens with zero attached hydrogens (tertiary/aromatic N) is 1. The van der Waals surface area contributed by atoms with Gasteiger partial charge in [0.05, 0.1) is 23.8 Å². The molecule has 0 bridgehead atoms. The van der Waals surface area contributed by atoms with Crippen LogP contribution >= 0.6 is 27.3 Å². The highest BCUT2D eigenvalue weighted by Gasteiger charge is 2.52. The summed E-state index contributed by atoms with van der Waals surface area (Å²) in [4.78, 5) is 17.3. The van der Waals surface area contributed by atoms with E-state index < -0.39 is 5.41 Å². The van der Waals surface area contributed by atoms with Crippen LogP contribution in [0.15, 0.2) is 58.4 Å². The summed E-state index contributed by atoms with van der Waals surface area (Å²) in [5.41, 5.74) is 2.23. The van der Waals surface area contributed by atoms with E-state index in [4.69, 9.17) is 9.47 Å². The summed E-state index contributed by atoms with van der Waals surface area (Å²) in [7, 11) is 1.64. The van der Waals surface area contributed by atoms with E-state index >= 15 is 0 Å². The number of halogens is 1. The number of carbonyl (C=O) groups excluding carboxylic acids is 1. The highest BCUT2D eigenvalue weighted by molar-refractivity contribution is 9.10. The third-order valence-corrected chi connectivity index (χ3v) is 6.18. The van der Waals surface area contributed by atoms with Crippen molar-refractivity contribution < 1.29 is 14.3 Å². The summed E-state index contributed by atoms with van der Waals surface area (Å²) in [5.74, 6) is 0.598. The van der Waals surface area contributed by atoms with E-state index in [9.17, 15) is 4.79 Å². The fraction of sp³-hybridized carbons (Fsp3) is 0.238. The van der Waals surface area contributed by atoms with Crippen molar-refractivity contribution in [3.63, 3.8) is 0 Å². The molecule has 0 aliphatic heterocycles. The van der Waals surface area contributed by atoms with Crippen molar-refractivity contribution in [2.24, 2.45) is 0 Å². The van der Waals surface area contributed by atoms with Crippen molar-refractivity contribution in [1.82, 2.24) is 4.98 Å². The van der Waals surface area contributed by atoms with E-state index in [0.29, 0.717) is 0 Å². The van der Waals surface area contributed by atoms with Crippen molar-refractivity contribution >= 4 is 33.2 Å². The number of ether oxygens (including phenoxy) is 2. The van der Waals surface area contributed by atoms with Crippen LogP contribution in [0.3, 0.4) is 0 Å². The Morgan fingerprint density at radius 3 is 2.70 bits per heavy atom. The van der Waals surface area contributed by atoms with Crippen LogP contribution < -0.4 is 4.74 Å². The smallest absolute Gasteiger partial charge is 0.316 e. The van der Waals surface area contributed by atoms with E-state index in [1.165, 1.54) is 11.3 Å². The lowest BCUT2D eigenvalue weighted by atomic mass is 9.96. The second-order valence-electron chi connectivity index (χ2n) is 6.51. The minimum absolute atomic E-state index is 0.164. The quantitative estimate of drug-likeness (QED) is 0.481. The van der Waals surface area contributed by atoms with Gasteiger partial charge in [0.1, 0.15) is 17.4 Å². The van der Waals surface area contributed by atoms with E-state index in [1.54, 1.807) is 7.11 Å². The van der Waals surface area contributed by atoms with Crippen LogP contribution in [0.2, 0.25) is 0 Å². The number of esters is 1. The van der Waals surface area contributed by atoms with Gasteiger partial charge >= 0.3 is 5.97 Å². The summed E-state index contributed by atoms with van der Waals surface area (Å²) in [6.07, 6.45) is 1.68. The number of methoxy groups -OCH3 is 1. The monoisotopic (exact) mass is 443 g/mol. The number of hydrogen-bond acceptors (Lipinski definition) is 5. The van der Waals surface area contributed by atoms with Gasteiger partial charge in [-0.3, -0.25) is 4.79 Å². The fourth-order valence-electron chi connectivity index (χ4n) is 3.11. The van der Waals surface area contributed by atoms with Crippen molar-refractivity contribution in [2.45, 2.75) is 24.9 Å². The normalized spacial score (nSPS) is 14.6. The number of aromatic nitrogens is 1. The lowest BCUT2D eigenvalue weighted by Crippen LogP contribution is -2.23. The van der Waals surface area contributed by atoms with Crippen molar-refractivity contribution in [3.05, 3.63) is 69.6 Å². The SMILES string of the molecule is COc1ccc(Br)cc1-c1nc(COC(=O)C2(c3ccccc3)CC2)cs1. The number of rotatable bonds is 6. The summed E-state index contributed by atoms with van der Waals surface area (Å²) in [5, 5.41) is 2.76. The van der Waals surface area contributed by atoms with E-state index in [-0.39, 0.29) is 12.6 Å². The molecule has 0 amide bonds. The number of carbonyl (C=O) groups is 1. The standard InChI is InChI=1S/C21H18BrNO3S/c1-25-18-8-7-15(22)11-17(18)19-23-16(13-27-19)12-26-20(24)21(9-10-21)14-5-3-2-4-6-14/h2-8,11,13H,9-10,12H2,1H3. The van der Waals surface area contributed by atoms with Gasteiger partial charge in [0.25, 0.3) is 0 Å². The van der Waals surface area contributed by atoms with Gasteiger partial charge in [-0.05, 0) is 36.6 Å². The van der Waals surface area contributed by atoms with Crippen LogP contribution in [-0.4, -0.2) is 18.1 Å². The van der Waals surface area contributed by atoms with Crippen molar-refractivity contribution in [3.8, 4) is 16.3 Å². The first-order chi connectivity index (χ1) is 13.1. The average molecular weight is 444 g/mol. The topological polar surface area (TPSA) is 48.4 Å². The number of benzene rings is 2. The summed E-state index contributed by atoms with van der Waals surface area (Å²) >= 11 is 4.99. The third kappa shape index (κ3) is 3.64. The molecule has 0 unspecified atom stereocenters. The maximum absolute atomic E-state index is 12.7. The van der Waals surface area contributed by atoms with Gasteiger partial charge in [-0.15, -0.1) is 11.3 Å². The van der Waals surface area contributed by atoms with Crippen LogP contribution in [-0.2, 0) is 21.6 Å². The molecule has 1 saturated carbocycles. The Kier molecular flexibility index (Phi) is 5.02. The highest BCUT2D eigenvalue weighted by Crippen LogP contribution is 2.49. The minimum atomic E-state index is -0.465. The molecule has 0 saturated heterocycles. The molecule has 1 fully saturated rings. The average Bonchev–Trinajstić information content (AvgIpc) is 3.38. The van der Waals surface area contributed by atoms with Gasteiger partial charge in [-0.25, -0.2) is 4.98 Å². The molecular weight excluding hydrogens is 426 g/mol. The van der Waals surface area contributed by atoms with Crippen LogP contribution in [0, 0.1) is 0 Å². The zero-order valence-electron chi connectivity index (χ0n) is 14.8. The van der Waals surface area contributed by atoms with E-state index in [1.807, 2.05) is 53.9 Å². The molecule has 6 heteroatoms. The highest BCUT2D eigenvalue weighted by atomic mass is 79.9. The van der Waals surface area contributed by atoms with Gasteiger partial charge in [0.2, 0.25) is 0 Å². The van der Waals surface area contributed by atoms with Gasteiger partial charge in [0, 0.05) is 9.85 Å². The van der Waals surface area contributed by atoms with Crippen LogP contribution in [0.4, 0.5) is 0 Å². The Labute approximate surface area is 170 Å². The molecular formula is C21H18BrNO3S. The number of hydrogen-bond donors (Lipinski definition) is 0. The first kappa shape index (κ1) is 18.2. The number of thiazole rings is 1. The molecule has 1 aliphatic carbocycles. The Hall–Kier alpha value is -2.18. The molecule has 0 N–H and O–H groups in total. The largest absolute Gasteiger partial charge is 0.496 e.